The highest BCUT2D eigenvalue weighted by Crippen LogP contribution is 2.26. The topological polar surface area (TPSA) is 64.9 Å². The number of hydrogen-bond donors (Lipinski definition) is 1. The lowest BCUT2D eigenvalue weighted by Gasteiger charge is -2.08. The summed E-state index contributed by atoms with van der Waals surface area (Å²) in [6.45, 7) is 0.522. The fourth-order valence-corrected chi connectivity index (χ4v) is 4.03. The molecule has 6 nitrogen and oxygen atoms in total. The van der Waals surface area contributed by atoms with Gasteiger partial charge in [-0.3, -0.25) is 9.20 Å². The number of carbonyl (C=O) groups excluding carboxylic acids is 1. The average molecular weight is 407 g/mol. The number of thiazole rings is 1. The predicted octanol–water partition coefficient (Wildman–Crippen LogP) is 4.05. The van der Waals surface area contributed by atoms with Gasteiger partial charge in [-0.1, -0.05) is 30.3 Å². The van der Waals surface area contributed by atoms with Crippen LogP contribution in [0.15, 0.2) is 60.1 Å². The van der Waals surface area contributed by atoms with Crippen LogP contribution in [0.1, 0.15) is 16.1 Å². The number of para-hydroxylation sites is 1. The summed E-state index contributed by atoms with van der Waals surface area (Å²) in [7, 11) is 3.29. The van der Waals surface area contributed by atoms with E-state index in [4.69, 9.17) is 9.47 Å². The molecule has 1 amide bonds. The van der Waals surface area contributed by atoms with Crippen LogP contribution in [-0.2, 0) is 6.42 Å². The summed E-state index contributed by atoms with van der Waals surface area (Å²) in [6, 6.07) is 15.5. The van der Waals surface area contributed by atoms with Gasteiger partial charge in [0, 0.05) is 23.7 Å². The number of hydrogen-bond acceptors (Lipinski definition) is 5. The molecule has 0 saturated heterocycles. The number of fused-ring (bicyclic) bond motifs is 1. The van der Waals surface area contributed by atoms with E-state index < -0.39 is 0 Å². The number of benzene rings is 2. The number of nitrogens with zero attached hydrogens (tertiary/aromatic N) is 2. The van der Waals surface area contributed by atoms with E-state index in [1.807, 2.05) is 64.5 Å². The van der Waals surface area contributed by atoms with Crippen molar-refractivity contribution in [2.45, 2.75) is 6.42 Å². The second-order valence-electron chi connectivity index (χ2n) is 6.45. The summed E-state index contributed by atoms with van der Waals surface area (Å²) in [5, 5.41) is 4.82. The van der Waals surface area contributed by atoms with Crippen LogP contribution in [0.4, 0.5) is 0 Å². The maximum Gasteiger partial charge on any atom is 0.269 e. The first-order chi connectivity index (χ1) is 14.2. The third-order valence-corrected chi connectivity index (χ3v) is 5.52. The van der Waals surface area contributed by atoms with Gasteiger partial charge in [-0.05, 0) is 30.2 Å². The molecule has 0 unspecified atom stereocenters. The summed E-state index contributed by atoms with van der Waals surface area (Å²) >= 11 is 1.44. The second kappa shape index (κ2) is 8.36. The van der Waals surface area contributed by atoms with Crippen LogP contribution in [0.3, 0.4) is 0 Å². The quantitative estimate of drug-likeness (QED) is 0.502. The Hall–Kier alpha value is -3.32. The molecule has 4 rings (SSSR count). The van der Waals surface area contributed by atoms with E-state index in [2.05, 4.69) is 10.3 Å². The number of ether oxygens (including phenoxy) is 2. The number of aromatic nitrogens is 2. The number of rotatable bonds is 7. The zero-order valence-corrected chi connectivity index (χ0v) is 17.0. The lowest BCUT2D eigenvalue weighted by molar-refractivity contribution is 0.0948. The van der Waals surface area contributed by atoms with Crippen LogP contribution >= 0.6 is 11.3 Å². The second-order valence-corrected chi connectivity index (χ2v) is 7.29. The molecular weight excluding hydrogens is 386 g/mol. The van der Waals surface area contributed by atoms with Gasteiger partial charge in [0.15, 0.2) is 4.96 Å². The van der Waals surface area contributed by atoms with Gasteiger partial charge >= 0.3 is 0 Å². The van der Waals surface area contributed by atoms with Gasteiger partial charge in [0.25, 0.3) is 5.91 Å². The summed E-state index contributed by atoms with van der Waals surface area (Å²) in [6.07, 6.45) is 2.58. The Balaban J connectivity index is 1.49. The van der Waals surface area contributed by atoms with Crippen LogP contribution in [0.2, 0.25) is 0 Å². The van der Waals surface area contributed by atoms with Crippen LogP contribution in [0, 0.1) is 0 Å². The van der Waals surface area contributed by atoms with Crippen molar-refractivity contribution in [3.8, 4) is 22.8 Å². The van der Waals surface area contributed by atoms with Gasteiger partial charge in [-0.2, -0.15) is 0 Å². The zero-order valence-electron chi connectivity index (χ0n) is 16.2. The summed E-state index contributed by atoms with van der Waals surface area (Å²) < 4.78 is 12.5. The van der Waals surface area contributed by atoms with Crippen molar-refractivity contribution in [3.05, 3.63) is 71.4 Å². The largest absolute Gasteiger partial charge is 0.497 e. The molecule has 0 saturated carbocycles. The Labute approximate surface area is 172 Å². The lowest BCUT2D eigenvalue weighted by atomic mass is 10.1. The van der Waals surface area contributed by atoms with E-state index in [1.165, 1.54) is 11.3 Å². The van der Waals surface area contributed by atoms with Gasteiger partial charge in [0.05, 0.1) is 19.9 Å². The fourth-order valence-electron chi connectivity index (χ4n) is 3.18. The van der Waals surface area contributed by atoms with Crippen molar-refractivity contribution in [1.29, 1.82) is 0 Å². The normalized spacial score (nSPS) is 10.8. The van der Waals surface area contributed by atoms with E-state index >= 15 is 0 Å². The minimum atomic E-state index is -0.124. The Bertz CT molecular complexity index is 1150. The third kappa shape index (κ3) is 3.95. The Kier molecular flexibility index (Phi) is 5.48. The van der Waals surface area contributed by atoms with Crippen molar-refractivity contribution in [3.63, 3.8) is 0 Å². The van der Waals surface area contributed by atoms with Crippen LogP contribution < -0.4 is 14.8 Å². The SMILES string of the molecule is COc1cccc(-c2cn3c(C(=O)NCCc4ccccc4OC)csc3n2)c1. The van der Waals surface area contributed by atoms with Crippen molar-refractivity contribution >= 4 is 22.2 Å². The Morgan fingerprint density at radius 2 is 2.00 bits per heavy atom. The molecule has 0 bridgehead atoms. The molecule has 2 heterocycles. The molecule has 0 aliphatic heterocycles. The minimum Gasteiger partial charge on any atom is -0.497 e. The summed E-state index contributed by atoms with van der Waals surface area (Å²) in [5.74, 6) is 1.48. The first kappa shape index (κ1) is 19.0. The van der Waals surface area contributed by atoms with Crippen molar-refractivity contribution in [2.24, 2.45) is 0 Å². The first-order valence-electron chi connectivity index (χ1n) is 9.20. The first-order valence-corrected chi connectivity index (χ1v) is 10.1. The van der Waals surface area contributed by atoms with Crippen molar-refractivity contribution in [2.75, 3.05) is 20.8 Å². The maximum absolute atomic E-state index is 12.7. The molecular formula is C22H21N3O3S. The molecule has 29 heavy (non-hydrogen) atoms. The molecule has 148 valence electrons. The molecule has 0 radical (unpaired) electrons. The van der Waals surface area contributed by atoms with Gasteiger partial charge in [-0.25, -0.2) is 4.98 Å². The monoisotopic (exact) mass is 407 g/mol. The van der Waals surface area contributed by atoms with Crippen LogP contribution in [0.5, 0.6) is 11.5 Å². The molecule has 0 aliphatic carbocycles. The zero-order chi connectivity index (χ0) is 20.2. The number of imidazole rings is 1. The molecule has 2 aromatic carbocycles. The van der Waals surface area contributed by atoms with E-state index in [9.17, 15) is 4.79 Å². The number of nitrogens with one attached hydrogen (secondary N) is 1. The smallest absolute Gasteiger partial charge is 0.269 e. The molecule has 7 heteroatoms. The minimum absolute atomic E-state index is 0.124. The molecule has 1 N–H and O–H groups in total. The Morgan fingerprint density at radius 3 is 2.83 bits per heavy atom. The molecule has 0 aliphatic rings. The lowest BCUT2D eigenvalue weighted by Crippen LogP contribution is -2.26. The average Bonchev–Trinajstić information content (AvgIpc) is 3.35. The number of amides is 1. The number of carbonyl (C=O) groups is 1. The van der Waals surface area contributed by atoms with Crippen LogP contribution in [-0.4, -0.2) is 36.1 Å². The molecule has 0 spiro atoms. The molecule has 0 fully saturated rings. The fraction of sp³-hybridized carbons (Fsp3) is 0.182. The van der Waals surface area contributed by atoms with E-state index in [-0.39, 0.29) is 5.91 Å². The summed E-state index contributed by atoms with van der Waals surface area (Å²) in [5.41, 5.74) is 3.39. The van der Waals surface area contributed by atoms with Gasteiger partial charge in [0.2, 0.25) is 0 Å². The highest BCUT2D eigenvalue weighted by Gasteiger charge is 2.15. The van der Waals surface area contributed by atoms with Crippen molar-refractivity contribution in [1.82, 2.24) is 14.7 Å². The standard InChI is InChI=1S/C22H21N3O3S/c1-27-17-8-5-7-16(12-17)18-13-25-19(14-29-22(25)24-18)21(26)23-11-10-15-6-3-4-9-20(15)28-2/h3-9,12-14H,10-11H2,1-2H3,(H,23,26). The predicted molar refractivity (Wildman–Crippen MR) is 114 cm³/mol. The van der Waals surface area contributed by atoms with Crippen LogP contribution in [0.25, 0.3) is 16.2 Å². The number of methoxy groups -OCH3 is 2. The highest BCUT2D eigenvalue weighted by molar-refractivity contribution is 7.15. The summed E-state index contributed by atoms with van der Waals surface area (Å²) in [4.78, 5) is 18.1. The van der Waals surface area contributed by atoms with Gasteiger partial charge in [-0.15, -0.1) is 11.3 Å². The molecule has 4 aromatic rings. The molecule has 0 atom stereocenters. The maximum atomic E-state index is 12.7. The van der Waals surface area contributed by atoms with E-state index in [0.717, 1.165) is 33.3 Å². The Morgan fingerprint density at radius 1 is 1.14 bits per heavy atom. The molecule has 2 aromatic heterocycles. The van der Waals surface area contributed by atoms with Gasteiger partial charge in [0.1, 0.15) is 17.2 Å². The van der Waals surface area contributed by atoms with Gasteiger partial charge < -0.3 is 14.8 Å². The van der Waals surface area contributed by atoms with E-state index in [1.54, 1.807) is 14.2 Å². The van der Waals surface area contributed by atoms with E-state index in [0.29, 0.717) is 18.7 Å². The highest BCUT2D eigenvalue weighted by atomic mass is 32.1. The third-order valence-electron chi connectivity index (χ3n) is 4.68. The van der Waals surface area contributed by atoms with Crippen molar-refractivity contribution < 1.29 is 14.3 Å².